The minimum atomic E-state index is 0.0559. The van der Waals surface area contributed by atoms with Crippen LogP contribution in [0.2, 0.25) is 0 Å². The van der Waals surface area contributed by atoms with Gasteiger partial charge in [-0.3, -0.25) is 4.79 Å². The molecule has 2 heterocycles. The molecule has 1 atom stereocenters. The largest absolute Gasteiger partial charge is 0.356 e. The number of benzene rings is 2. The van der Waals surface area contributed by atoms with Crippen LogP contribution in [0.4, 0.5) is 0 Å². The minimum Gasteiger partial charge on any atom is -0.356 e. The molecule has 3 aromatic rings. The van der Waals surface area contributed by atoms with E-state index < -0.39 is 0 Å². The van der Waals surface area contributed by atoms with Crippen LogP contribution in [-0.4, -0.2) is 35.6 Å². The summed E-state index contributed by atoms with van der Waals surface area (Å²) >= 11 is 0. The van der Waals surface area contributed by atoms with Gasteiger partial charge in [0.1, 0.15) is 5.69 Å². The van der Waals surface area contributed by atoms with Gasteiger partial charge in [0.05, 0.1) is 12.5 Å². The van der Waals surface area contributed by atoms with Crippen LogP contribution < -0.4 is 5.32 Å². The number of nitrogens with one attached hydrogen (secondary N) is 1. The van der Waals surface area contributed by atoms with E-state index in [4.69, 9.17) is 4.52 Å². The topological polar surface area (TPSA) is 58.4 Å². The van der Waals surface area contributed by atoms with Gasteiger partial charge in [-0.2, -0.15) is 0 Å². The van der Waals surface area contributed by atoms with Crippen molar-refractivity contribution in [3.63, 3.8) is 0 Å². The summed E-state index contributed by atoms with van der Waals surface area (Å²) in [6, 6.07) is 16.3. The number of piperazine rings is 1. The van der Waals surface area contributed by atoms with E-state index >= 15 is 0 Å². The van der Waals surface area contributed by atoms with Crippen molar-refractivity contribution in [2.45, 2.75) is 25.8 Å². The van der Waals surface area contributed by atoms with Gasteiger partial charge in [0.15, 0.2) is 5.58 Å². The maximum atomic E-state index is 13.0. The lowest BCUT2D eigenvalue weighted by atomic mass is 10.00. The number of nitrogens with zero attached hydrogens (tertiary/aromatic N) is 2. The normalized spacial score (nSPS) is 17.6. The van der Waals surface area contributed by atoms with E-state index in [9.17, 15) is 4.79 Å². The van der Waals surface area contributed by atoms with E-state index in [0.29, 0.717) is 12.2 Å². The monoisotopic (exact) mass is 349 g/mol. The van der Waals surface area contributed by atoms with Crippen molar-refractivity contribution < 1.29 is 9.32 Å². The molecule has 1 amide bonds. The number of hydrogen-bond acceptors (Lipinski definition) is 4. The van der Waals surface area contributed by atoms with E-state index in [1.54, 1.807) is 0 Å². The van der Waals surface area contributed by atoms with E-state index in [2.05, 4.69) is 41.7 Å². The van der Waals surface area contributed by atoms with Crippen molar-refractivity contribution in [3.8, 4) is 0 Å². The number of fused-ring (bicyclic) bond motifs is 1. The Morgan fingerprint density at radius 1 is 1.23 bits per heavy atom. The second-order valence-electron chi connectivity index (χ2n) is 6.70. The molecule has 134 valence electrons. The first-order valence-electron chi connectivity index (χ1n) is 9.18. The molecule has 1 aliphatic rings. The van der Waals surface area contributed by atoms with Gasteiger partial charge in [-0.05, 0) is 29.7 Å². The summed E-state index contributed by atoms with van der Waals surface area (Å²) in [6.07, 6.45) is 1.28. The third-order valence-corrected chi connectivity index (χ3v) is 5.11. The van der Waals surface area contributed by atoms with Gasteiger partial charge in [-0.25, -0.2) is 0 Å². The summed E-state index contributed by atoms with van der Waals surface area (Å²) in [4.78, 5) is 15.0. The van der Waals surface area contributed by atoms with Crippen molar-refractivity contribution in [1.82, 2.24) is 15.4 Å². The highest BCUT2D eigenvalue weighted by molar-refractivity contribution is 5.86. The molecule has 1 N–H and O–H groups in total. The molecule has 5 nitrogen and oxygen atoms in total. The summed E-state index contributed by atoms with van der Waals surface area (Å²) in [5.74, 6) is 0.0927. The molecule has 1 fully saturated rings. The molecule has 2 aromatic carbocycles. The summed E-state index contributed by atoms with van der Waals surface area (Å²) in [6.45, 7) is 4.44. The van der Waals surface area contributed by atoms with Crippen LogP contribution in [0.25, 0.3) is 11.0 Å². The van der Waals surface area contributed by atoms with Crippen molar-refractivity contribution in [3.05, 3.63) is 65.4 Å². The highest BCUT2D eigenvalue weighted by Crippen LogP contribution is 2.25. The third-order valence-electron chi connectivity index (χ3n) is 5.11. The summed E-state index contributed by atoms with van der Waals surface area (Å²) < 4.78 is 5.34. The van der Waals surface area contributed by atoms with Crippen LogP contribution in [0.3, 0.4) is 0 Å². The molecule has 0 radical (unpaired) electrons. The number of aromatic nitrogens is 1. The molecule has 1 unspecified atom stereocenters. The Morgan fingerprint density at radius 3 is 2.85 bits per heavy atom. The fourth-order valence-corrected chi connectivity index (χ4v) is 3.59. The van der Waals surface area contributed by atoms with Gasteiger partial charge < -0.3 is 14.7 Å². The maximum absolute atomic E-state index is 13.0. The Kier molecular flexibility index (Phi) is 4.71. The third kappa shape index (κ3) is 3.22. The smallest absolute Gasteiger partial charge is 0.229 e. The molecule has 26 heavy (non-hydrogen) atoms. The molecule has 0 saturated carbocycles. The maximum Gasteiger partial charge on any atom is 0.229 e. The first-order chi connectivity index (χ1) is 12.8. The van der Waals surface area contributed by atoms with Crippen molar-refractivity contribution in [1.29, 1.82) is 0 Å². The van der Waals surface area contributed by atoms with Gasteiger partial charge in [0, 0.05) is 25.0 Å². The Labute approximate surface area is 153 Å². The average Bonchev–Trinajstić information content (AvgIpc) is 3.11. The number of para-hydroxylation sites is 1. The number of carbonyl (C=O) groups excluding carboxylic acids is 1. The van der Waals surface area contributed by atoms with Crippen LogP contribution in [0.1, 0.15) is 29.8 Å². The zero-order valence-electron chi connectivity index (χ0n) is 14.9. The first kappa shape index (κ1) is 16.8. The van der Waals surface area contributed by atoms with Crippen molar-refractivity contribution in [2.24, 2.45) is 0 Å². The van der Waals surface area contributed by atoms with Gasteiger partial charge in [-0.1, -0.05) is 48.5 Å². The van der Waals surface area contributed by atoms with Crippen LogP contribution in [-0.2, 0) is 17.6 Å². The number of carbonyl (C=O) groups is 1. The Morgan fingerprint density at radius 2 is 2.04 bits per heavy atom. The molecule has 0 bridgehead atoms. The van der Waals surface area contributed by atoms with Gasteiger partial charge in [0.25, 0.3) is 0 Å². The first-order valence-corrected chi connectivity index (χ1v) is 9.18. The number of aryl methyl sites for hydroxylation is 1. The minimum absolute atomic E-state index is 0.0559. The quantitative estimate of drug-likeness (QED) is 0.786. The SMILES string of the molecule is CCc1ccc(C2CNCCN2C(=O)Cc2noc3ccccc23)cc1. The second kappa shape index (κ2) is 7.30. The Balaban J connectivity index is 1.56. The van der Waals surface area contributed by atoms with E-state index in [1.807, 2.05) is 29.2 Å². The lowest BCUT2D eigenvalue weighted by molar-refractivity contribution is -0.133. The summed E-state index contributed by atoms with van der Waals surface area (Å²) in [5, 5.41) is 8.44. The van der Waals surface area contributed by atoms with E-state index in [-0.39, 0.29) is 18.4 Å². The summed E-state index contributed by atoms with van der Waals surface area (Å²) in [5.41, 5.74) is 3.92. The standard InChI is InChI=1S/C21H23N3O2/c1-2-15-7-9-16(10-8-15)19-14-22-11-12-24(19)21(25)13-18-17-5-3-4-6-20(17)26-23-18/h3-10,19,22H,2,11-14H2,1H3. The lowest BCUT2D eigenvalue weighted by Gasteiger charge is -2.36. The number of rotatable bonds is 4. The van der Waals surface area contributed by atoms with Gasteiger partial charge >= 0.3 is 0 Å². The Bertz CT molecular complexity index is 901. The lowest BCUT2D eigenvalue weighted by Crippen LogP contribution is -2.49. The molecule has 4 rings (SSSR count). The van der Waals surface area contributed by atoms with Crippen LogP contribution >= 0.6 is 0 Å². The molecule has 0 spiro atoms. The fraction of sp³-hybridized carbons (Fsp3) is 0.333. The van der Waals surface area contributed by atoms with Crippen molar-refractivity contribution in [2.75, 3.05) is 19.6 Å². The zero-order valence-corrected chi connectivity index (χ0v) is 14.9. The van der Waals surface area contributed by atoms with E-state index in [1.165, 1.54) is 11.1 Å². The number of amides is 1. The highest BCUT2D eigenvalue weighted by atomic mass is 16.5. The van der Waals surface area contributed by atoms with Crippen LogP contribution in [0, 0.1) is 0 Å². The van der Waals surface area contributed by atoms with Gasteiger partial charge in [-0.15, -0.1) is 0 Å². The molecular formula is C21H23N3O2. The molecule has 1 saturated heterocycles. The molecule has 1 aliphatic heterocycles. The Hall–Kier alpha value is -2.66. The number of hydrogen-bond donors (Lipinski definition) is 1. The highest BCUT2D eigenvalue weighted by Gasteiger charge is 2.28. The van der Waals surface area contributed by atoms with E-state index in [0.717, 1.165) is 30.5 Å². The fourth-order valence-electron chi connectivity index (χ4n) is 3.59. The molecule has 1 aromatic heterocycles. The molecule has 5 heteroatoms. The molecule has 0 aliphatic carbocycles. The van der Waals surface area contributed by atoms with Crippen LogP contribution in [0.15, 0.2) is 53.1 Å². The van der Waals surface area contributed by atoms with Crippen LogP contribution in [0.5, 0.6) is 0 Å². The second-order valence-corrected chi connectivity index (χ2v) is 6.70. The predicted octanol–water partition coefficient (Wildman–Crippen LogP) is 3.11. The summed E-state index contributed by atoms with van der Waals surface area (Å²) in [7, 11) is 0. The van der Waals surface area contributed by atoms with Gasteiger partial charge in [0.2, 0.25) is 5.91 Å². The molecular weight excluding hydrogens is 326 g/mol. The average molecular weight is 349 g/mol. The zero-order chi connectivity index (χ0) is 17.9. The predicted molar refractivity (Wildman–Crippen MR) is 101 cm³/mol. The van der Waals surface area contributed by atoms with Crippen molar-refractivity contribution >= 4 is 16.9 Å².